The van der Waals surface area contributed by atoms with Gasteiger partial charge in [0.05, 0.1) is 11.4 Å². The Balaban J connectivity index is 2.16. The summed E-state index contributed by atoms with van der Waals surface area (Å²) in [6.07, 6.45) is 0.835. The Morgan fingerprint density at radius 3 is 3.05 bits per heavy atom. The van der Waals surface area contributed by atoms with Gasteiger partial charge in [-0.05, 0) is 41.5 Å². The summed E-state index contributed by atoms with van der Waals surface area (Å²) in [4.78, 5) is 17.2. The molecule has 0 bridgehead atoms. The molecule has 0 aliphatic rings. The lowest BCUT2D eigenvalue weighted by atomic mass is 10.2. The first-order valence-electron chi connectivity index (χ1n) is 6.28. The molecule has 1 amide bonds. The first-order valence-corrected chi connectivity index (χ1v) is 7.16. The zero-order chi connectivity index (χ0) is 14.4. The first-order chi connectivity index (χ1) is 9.74. The molecule has 2 aromatic heterocycles. The number of nitrogens with zero attached hydrogens (tertiary/aromatic N) is 1. The normalized spacial score (nSPS) is 9.70. The highest BCUT2D eigenvalue weighted by molar-refractivity contribution is 7.12. The van der Waals surface area contributed by atoms with Gasteiger partial charge in [0, 0.05) is 0 Å². The van der Waals surface area contributed by atoms with Crippen LogP contribution in [0.2, 0.25) is 0 Å². The van der Waals surface area contributed by atoms with Crippen LogP contribution in [0.3, 0.4) is 0 Å². The molecular weight excluding hydrogens is 270 g/mol. The minimum Gasteiger partial charge on any atom is -0.320 e. The molecule has 2 heterocycles. The molecule has 0 saturated heterocycles. The van der Waals surface area contributed by atoms with Gasteiger partial charge < -0.3 is 11.1 Å². The number of aromatic nitrogens is 1. The van der Waals surface area contributed by atoms with E-state index in [4.69, 9.17) is 5.73 Å². The highest BCUT2D eigenvalue weighted by atomic mass is 32.1. The molecule has 4 nitrogen and oxygen atoms in total. The summed E-state index contributed by atoms with van der Waals surface area (Å²) in [5.41, 5.74) is 6.96. The maximum Gasteiger partial charge on any atom is 0.267 e. The average molecular weight is 285 g/mol. The number of rotatable bonds is 3. The van der Waals surface area contributed by atoms with Crippen molar-refractivity contribution in [2.24, 2.45) is 5.73 Å². The minimum absolute atomic E-state index is 0.131. The average Bonchev–Trinajstić information content (AvgIpc) is 2.94. The van der Waals surface area contributed by atoms with Crippen molar-refractivity contribution in [1.29, 1.82) is 0 Å². The SMILES string of the molecule is CCc1ccsc1C(=O)Nc1cccc(C#CCN)n1. The van der Waals surface area contributed by atoms with E-state index in [1.54, 1.807) is 18.2 Å². The van der Waals surface area contributed by atoms with Crippen molar-refractivity contribution >= 4 is 23.1 Å². The van der Waals surface area contributed by atoms with Gasteiger partial charge in [0.15, 0.2) is 0 Å². The van der Waals surface area contributed by atoms with Crippen LogP contribution in [0.5, 0.6) is 0 Å². The van der Waals surface area contributed by atoms with Crippen LogP contribution in [0.4, 0.5) is 5.82 Å². The van der Waals surface area contributed by atoms with Gasteiger partial charge in [0.2, 0.25) is 0 Å². The molecule has 0 aromatic carbocycles. The van der Waals surface area contributed by atoms with Crippen molar-refractivity contribution in [3.05, 3.63) is 45.8 Å². The van der Waals surface area contributed by atoms with Gasteiger partial charge in [-0.25, -0.2) is 4.98 Å². The molecule has 0 fully saturated rings. The van der Waals surface area contributed by atoms with Crippen molar-refractivity contribution < 1.29 is 4.79 Å². The molecule has 0 saturated carbocycles. The number of hydrogen-bond donors (Lipinski definition) is 2. The van der Waals surface area contributed by atoms with Gasteiger partial charge in [0.1, 0.15) is 11.5 Å². The molecule has 2 aromatic rings. The number of carbonyl (C=O) groups is 1. The Hall–Kier alpha value is -2.16. The van der Waals surface area contributed by atoms with E-state index in [0.29, 0.717) is 11.5 Å². The van der Waals surface area contributed by atoms with Crippen LogP contribution in [0.15, 0.2) is 29.6 Å². The van der Waals surface area contributed by atoms with Gasteiger partial charge in [-0.1, -0.05) is 18.9 Å². The predicted molar refractivity (Wildman–Crippen MR) is 81.8 cm³/mol. The molecule has 0 unspecified atom stereocenters. The van der Waals surface area contributed by atoms with Gasteiger partial charge in [-0.2, -0.15) is 0 Å². The Morgan fingerprint density at radius 1 is 1.45 bits per heavy atom. The van der Waals surface area contributed by atoms with E-state index in [1.807, 2.05) is 18.4 Å². The number of carbonyl (C=O) groups excluding carboxylic acids is 1. The van der Waals surface area contributed by atoms with Gasteiger partial charge in [-0.3, -0.25) is 4.79 Å². The third kappa shape index (κ3) is 3.44. The second-order valence-electron chi connectivity index (χ2n) is 4.00. The lowest BCUT2D eigenvalue weighted by molar-refractivity contribution is 0.102. The molecule has 2 rings (SSSR count). The molecule has 102 valence electrons. The van der Waals surface area contributed by atoms with E-state index >= 15 is 0 Å². The predicted octanol–water partition coefficient (Wildman–Crippen LogP) is 2.27. The maximum atomic E-state index is 12.2. The second kappa shape index (κ2) is 6.85. The van der Waals surface area contributed by atoms with Gasteiger partial charge >= 0.3 is 0 Å². The van der Waals surface area contributed by atoms with Crippen LogP contribution in [-0.4, -0.2) is 17.4 Å². The van der Waals surface area contributed by atoms with Crippen LogP contribution in [0.1, 0.15) is 27.9 Å². The zero-order valence-corrected chi connectivity index (χ0v) is 12.0. The number of nitrogens with two attached hydrogens (primary N) is 1. The number of anilines is 1. The Morgan fingerprint density at radius 2 is 2.30 bits per heavy atom. The molecule has 0 spiro atoms. The second-order valence-corrected chi connectivity index (χ2v) is 4.91. The van der Waals surface area contributed by atoms with Gasteiger partial charge in [-0.15, -0.1) is 11.3 Å². The summed E-state index contributed by atoms with van der Waals surface area (Å²) in [5.74, 6) is 5.94. The zero-order valence-electron chi connectivity index (χ0n) is 11.1. The summed E-state index contributed by atoms with van der Waals surface area (Å²) < 4.78 is 0. The van der Waals surface area contributed by atoms with Crippen molar-refractivity contribution in [3.63, 3.8) is 0 Å². The van der Waals surface area contributed by atoms with Crippen molar-refractivity contribution in [3.8, 4) is 11.8 Å². The first kappa shape index (κ1) is 14.3. The topological polar surface area (TPSA) is 68.0 Å². The van der Waals surface area contributed by atoms with Crippen LogP contribution in [-0.2, 0) is 6.42 Å². The third-order valence-electron chi connectivity index (χ3n) is 2.64. The number of hydrogen-bond acceptors (Lipinski definition) is 4. The molecule has 3 N–H and O–H groups in total. The number of aryl methyl sites for hydroxylation is 1. The highest BCUT2D eigenvalue weighted by Crippen LogP contribution is 2.18. The molecule has 0 atom stereocenters. The molecule has 0 aliphatic carbocycles. The molecule has 0 radical (unpaired) electrons. The number of thiophene rings is 1. The Bertz CT molecular complexity index is 667. The molecule has 20 heavy (non-hydrogen) atoms. The Kier molecular flexibility index (Phi) is 4.88. The summed E-state index contributed by atoms with van der Waals surface area (Å²) in [6.45, 7) is 2.31. The molecule has 0 aliphatic heterocycles. The molecular formula is C15H15N3OS. The van der Waals surface area contributed by atoms with Crippen LogP contribution in [0.25, 0.3) is 0 Å². The quantitative estimate of drug-likeness (QED) is 0.850. The third-order valence-corrected chi connectivity index (χ3v) is 3.60. The van der Waals surface area contributed by atoms with E-state index in [1.165, 1.54) is 11.3 Å². The van der Waals surface area contributed by atoms with Crippen LogP contribution >= 0.6 is 11.3 Å². The van der Waals surface area contributed by atoms with Gasteiger partial charge in [0.25, 0.3) is 5.91 Å². The summed E-state index contributed by atoms with van der Waals surface area (Å²) in [6, 6.07) is 7.29. The fourth-order valence-corrected chi connectivity index (χ4v) is 2.59. The van der Waals surface area contributed by atoms with E-state index in [2.05, 4.69) is 22.1 Å². The van der Waals surface area contributed by atoms with Crippen molar-refractivity contribution in [2.45, 2.75) is 13.3 Å². The van der Waals surface area contributed by atoms with E-state index < -0.39 is 0 Å². The number of nitrogens with one attached hydrogen (secondary N) is 1. The largest absolute Gasteiger partial charge is 0.320 e. The summed E-state index contributed by atoms with van der Waals surface area (Å²) in [7, 11) is 0. The lowest BCUT2D eigenvalue weighted by Crippen LogP contribution is -2.13. The Labute approximate surface area is 122 Å². The van der Waals surface area contributed by atoms with Crippen molar-refractivity contribution in [2.75, 3.05) is 11.9 Å². The standard InChI is InChI=1S/C15H15N3OS/c1-2-11-8-10-20-14(11)15(19)18-13-7-3-5-12(17-13)6-4-9-16/h3,5,7-8,10H,2,9,16H2,1H3,(H,17,18,19). The highest BCUT2D eigenvalue weighted by Gasteiger charge is 2.12. The van der Waals surface area contributed by atoms with Crippen molar-refractivity contribution in [1.82, 2.24) is 4.98 Å². The number of amides is 1. The van der Waals surface area contributed by atoms with Crippen LogP contribution in [0, 0.1) is 11.8 Å². The minimum atomic E-state index is -0.131. The fraction of sp³-hybridized carbons (Fsp3) is 0.200. The summed E-state index contributed by atoms with van der Waals surface area (Å²) >= 11 is 1.44. The molecule has 5 heteroatoms. The smallest absolute Gasteiger partial charge is 0.267 e. The van der Waals surface area contributed by atoms with E-state index in [9.17, 15) is 4.79 Å². The van der Waals surface area contributed by atoms with E-state index in [0.717, 1.165) is 16.9 Å². The monoisotopic (exact) mass is 285 g/mol. The van der Waals surface area contributed by atoms with Crippen LogP contribution < -0.4 is 11.1 Å². The number of pyridine rings is 1. The fourth-order valence-electron chi connectivity index (χ4n) is 1.70. The summed E-state index contributed by atoms with van der Waals surface area (Å²) in [5, 5.41) is 4.72. The lowest BCUT2D eigenvalue weighted by Gasteiger charge is -2.04. The van der Waals surface area contributed by atoms with E-state index in [-0.39, 0.29) is 12.5 Å². The maximum absolute atomic E-state index is 12.2.